The quantitative estimate of drug-likeness (QED) is 0.699. The highest BCUT2D eigenvalue weighted by molar-refractivity contribution is 6.14. The maximum absolute atomic E-state index is 5.72. The summed E-state index contributed by atoms with van der Waals surface area (Å²) in [5.41, 5.74) is 2.34. The first-order chi connectivity index (χ1) is 7.63. The lowest BCUT2D eigenvalue weighted by Crippen LogP contribution is -2.14. The van der Waals surface area contributed by atoms with E-state index in [0.29, 0.717) is 12.3 Å². The van der Waals surface area contributed by atoms with E-state index in [2.05, 4.69) is 11.2 Å². The molecular formula is C12H13ClN2O. The van der Waals surface area contributed by atoms with E-state index in [1.165, 1.54) is 15.7 Å². The first-order valence-electron chi connectivity index (χ1n) is 5.09. The second-order valence-corrected chi connectivity index (χ2v) is 4.14. The van der Waals surface area contributed by atoms with E-state index in [0.717, 1.165) is 5.75 Å². The van der Waals surface area contributed by atoms with Crippen LogP contribution in [0.3, 0.4) is 0 Å². The minimum atomic E-state index is 0.600. The van der Waals surface area contributed by atoms with Crippen LogP contribution in [0.5, 0.6) is 5.75 Å². The molecule has 0 saturated heterocycles. The molecule has 0 fully saturated rings. The van der Waals surface area contributed by atoms with Gasteiger partial charge in [0.15, 0.2) is 0 Å². The van der Waals surface area contributed by atoms with Crippen molar-refractivity contribution in [2.45, 2.75) is 20.3 Å². The molecule has 1 aromatic carbocycles. The fraction of sp³-hybridized carbons (Fsp3) is 0.250. The van der Waals surface area contributed by atoms with Crippen LogP contribution in [-0.4, -0.2) is 10.4 Å². The largest absolute Gasteiger partial charge is 0.441 e. The van der Waals surface area contributed by atoms with Crippen molar-refractivity contribution in [3.8, 4) is 5.75 Å². The third-order valence-electron chi connectivity index (χ3n) is 2.16. The van der Waals surface area contributed by atoms with Crippen molar-refractivity contribution in [1.82, 2.24) is 4.53 Å². The molecule has 16 heavy (non-hydrogen) atoms. The van der Waals surface area contributed by atoms with Gasteiger partial charge in [0, 0.05) is 24.4 Å². The minimum absolute atomic E-state index is 0.600. The van der Waals surface area contributed by atoms with Crippen molar-refractivity contribution < 1.29 is 4.74 Å². The second-order valence-electron chi connectivity index (χ2n) is 3.80. The summed E-state index contributed by atoms with van der Waals surface area (Å²) in [5, 5.41) is 4.04. The Morgan fingerprint density at radius 2 is 1.94 bits per heavy atom. The number of halogens is 1. The summed E-state index contributed by atoms with van der Waals surface area (Å²) in [7, 11) is 0. The van der Waals surface area contributed by atoms with Crippen LogP contribution in [0.15, 0.2) is 35.6 Å². The summed E-state index contributed by atoms with van der Waals surface area (Å²) in [6, 6.07) is 6.06. The van der Waals surface area contributed by atoms with Crippen molar-refractivity contribution in [1.29, 1.82) is 0 Å². The Morgan fingerprint density at radius 3 is 2.56 bits per heavy atom. The molecule has 0 bridgehead atoms. The summed E-state index contributed by atoms with van der Waals surface area (Å²) in [5.74, 6) is 1.40. The van der Waals surface area contributed by atoms with Crippen LogP contribution in [0.4, 0.5) is 0 Å². The molecule has 1 aliphatic heterocycles. The van der Waals surface area contributed by atoms with Gasteiger partial charge in [-0.1, -0.05) is 12.1 Å². The molecule has 1 aromatic rings. The summed E-state index contributed by atoms with van der Waals surface area (Å²) in [6.07, 6.45) is 4.25. The van der Waals surface area contributed by atoms with Crippen molar-refractivity contribution in [3.63, 3.8) is 0 Å². The van der Waals surface area contributed by atoms with Crippen LogP contribution in [0.1, 0.15) is 17.5 Å². The van der Waals surface area contributed by atoms with Gasteiger partial charge >= 0.3 is 0 Å². The highest BCUT2D eigenvalue weighted by Gasteiger charge is 2.08. The van der Waals surface area contributed by atoms with Crippen LogP contribution in [0.2, 0.25) is 0 Å². The normalized spacial score (nSPS) is 14.9. The topological polar surface area (TPSA) is 24.8 Å². The average Bonchev–Trinajstić information content (AvgIpc) is 2.15. The van der Waals surface area contributed by atoms with Crippen LogP contribution in [0, 0.1) is 13.8 Å². The van der Waals surface area contributed by atoms with E-state index in [-0.39, 0.29) is 0 Å². The molecule has 2 rings (SSSR count). The first kappa shape index (κ1) is 11.0. The molecule has 4 heteroatoms. The molecule has 0 aromatic heterocycles. The highest BCUT2D eigenvalue weighted by atomic mass is 35.5. The Hall–Kier alpha value is -1.48. The Morgan fingerprint density at radius 1 is 1.25 bits per heavy atom. The summed E-state index contributed by atoms with van der Waals surface area (Å²) < 4.78 is 6.88. The number of benzene rings is 1. The lowest BCUT2D eigenvalue weighted by atomic mass is 10.1. The molecule has 0 spiro atoms. The fourth-order valence-electron chi connectivity index (χ4n) is 1.61. The predicted octanol–water partition coefficient (Wildman–Crippen LogP) is 3.37. The summed E-state index contributed by atoms with van der Waals surface area (Å²) in [6.45, 7) is 4.08. The molecule has 0 atom stereocenters. The zero-order valence-corrected chi connectivity index (χ0v) is 10.0. The van der Waals surface area contributed by atoms with Crippen molar-refractivity contribution in [3.05, 3.63) is 41.6 Å². The molecule has 84 valence electrons. The SMILES string of the molecule is Cc1cc(C)cc(OC2=NN(Cl)C=CC2)c1. The molecule has 0 unspecified atom stereocenters. The van der Waals surface area contributed by atoms with E-state index in [4.69, 9.17) is 16.5 Å². The zero-order valence-electron chi connectivity index (χ0n) is 9.27. The van der Waals surface area contributed by atoms with Crippen LogP contribution in [-0.2, 0) is 0 Å². The third-order valence-corrected chi connectivity index (χ3v) is 2.35. The summed E-state index contributed by atoms with van der Waals surface area (Å²) in [4.78, 5) is 0. The highest BCUT2D eigenvalue weighted by Crippen LogP contribution is 2.18. The van der Waals surface area contributed by atoms with Crippen molar-refractivity contribution in [2.75, 3.05) is 0 Å². The van der Waals surface area contributed by atoms with Gasteiger partial charge in [-0.05, 0) is 37.1 Å². The lowest BCUT2D eigenvalue weighted by Gasteiger charge is -2.14. The Kier molecular flexibility index (Phi) is 3.15. The van der Waals surface area contributed by atoms with Gasteiger partial charge in [0.05, 0.1) is 0 Å². The van der Waals surface area contributed by atoms with E-state index in [9.17, 15) is 0 Å². The summed E-state index contributed by atoms with van der Waals surface area (Å²) >= 11 is 5.72. The smallest absolute Gasteiger partial charge is 0.217 e. The number of nitrogens with zero attached hydrogens (tertiary/aromatic N) is 2. The minimum Gasteiger partial charge on any atom is -0.441 e. The maximum atomic E-state index is 5.72. The number of ether oxygens (including phenoxy) is 1. The fourth-order valence-corrected chi connectivity index (χ4v) is 1.78. The van der Waals surface area contributed by atoms with Crippen LogP contribution >= 0.6 is 11.8 Å². The van der Waals surface area contributed by atoms with E-state index >= 15 is 0 Å². The number of hydrogen-bond donors (Lipinski definition) is 0. The van der Waals surface area contributed by atoms with Gasteiger partial charge in [-0.2, -0.15) is 4.53 Å². The van der Waals surface area contributed by atoms with Gasteiger partial charge in [-0.25, -0.2) is 0 Å². The molecule has 0 radical (unpaired) electrons. The number of hydrogen-bond acceptors (Lipinski definition) is 3. The standard InChI is InChI=1S/C12H13ClN2O/c1-9-6-10(2)8-11(7-9)16-12-4-3-5-15(13)14-12/h3,5-8H,4H2,1-2H3. The van der Waals surface area contributed by atoms with Crippen LogP contribution in [0.25, 0.3) is 0 Å². The van der Waals surface area contributed by atoms with Gasteiger partial charge in [0.1, 0.15) is 5.75 Å². The Balaban J connectivity index is 2.15. The van der Waals surface area contributed by atoms with E-state index in [1.54, 1.807) is 6.20 Å². The molecule has 0 saturated carbocycles. The Labute approximate surface area is 100 Å². The number of aryl methyl sites for hydroxylation is 2. The van der Waals surface area contributed by atoms with E-state index in [1.807, 2.05) is 32.1 Å². The monoisotopic (exact) mass is 236 g/mol. The lowest BCUT2D eigenvalue weighted by molar-refractivity contribution is 0.499. The predicted molar refractivity (Wildman–Crippen MR) is 65.4 cm³/mol. The Bertz CT molecular complexity index is 434. The number of rotatable bonds is 1. The van der Waals surface area contributed by atoms with Crippen molar-refractivity contribution >= 4 is 17.7 Å². The van der Waals surface area contributed by atoms with Gasteiger partial charge in [-0.3, -0.25) is 0 Å². The molecular weight excluding hydrogens is 224 g/mol. The van der Waals surface area contributed by atoms with Gasteiger partial charge in [0.25, 0.3) is 0 Å². The van der Waals surface area contributed by atoms with Gasteiger partial charge in [0.2, 0.25) is 5.90 Å². The maximum Gasteiger partial charge on any atom is 0.217 e. The zero-order chi connectivity index (χ0) is 11.5. The second kappa shape index (κ2) is 4.58. The first-order valence-corrected chi connectivity index (χ1v) is 5.42. The van der Waals surface area contributed by atoms with Crippen LogP contribution < -0.4 is 4.74 Å². The molecule has 1 aliphatic rings. The third kappa shape index (κ3) is 2.76. The van der Waals surface area contributed by atoms with Gasteiger partial charge < -0.3 is 4.74 Å². The van der Waals surface area contributed by atoms with Crippen molar-refractivity contribution in [2.24, 2.45) is 5.10 Å². The molecule has 3 nitrogen and oxygen atoms in total. The molecule has 0 aliphatic carbocycles. The van der Waals surface area contributed by atoms with E-state index < -0.39 is 0 Å². The average molecular weight is 237 g/mol. The molecule has 1 heterocycles. The number of hydrazone groups is 1. The molecule has 0 amide bonds. The molecule has 0 N–H and O–H groups in total. The van der Waals surface area contributed by atoms with Gasteiger partial charge in [-0.15, -0.1) is 5.10 Å².